The zero-order chi connectivity index (χ0) is 53.0. The van der Waals surface area contributed by atoms with E-state index in [1.54, 1.807) is 0 Å². The van der Waals surface area contributed by atoms with E-state index < -0.39 is 66.8 Å². The fraction of sp³-hybridized carbons (Fsp3) is 0.250. The number of hydrogen-bond donors (Lipinski definition) is 0. The van der Waals surface area contributed by atoms with Gasteiger partial charge in [0.15, 0.2) is 42.1 Å². The number of rotatable bonds is 13. The quantitative estimate of drug-likeness (QED) is 0.0499. The molecule has 0 fully saturated rings. The molecule has 69 heavy (non-hydrogen) atoms. The maximum atomic E-state index is 12.2. The van der Waals surface area contributed by atoms with Crippen LogP contribution < -0.4 is 25.9 Å². The summed E-state index contributed by atoms with van der Waals surface area (Å²) in [4.78, 5) is 4.03. The molecule has 29 heteroatoms. The molecule has 0 aromatic heterocycles. The number of benzene rings is 5. The van der Waals surface area contributed by atoms with Crippen molar-refractivity contribution in [1.82, 2.24) is 0 Å². The molecule has 0 atom stereocenters. The summed E-state index contributed by atoms with van der Waals surface area (Å²) in [5, 5.41) is -14.2. The second-order valence-electron chi connectivity index (χ2n) is 13.5. The molecule has 0 N–H and O–H groups in total. The van der Waals surface area contributed by atoms with Crippen LogP contribution in [-0.2, 0) is 31.1 Å². The zero-order valence-corrected chi connectivity index (χ0v) is 38.5. The van der Waals surface area contributed by atoms with Gasteiger partial charge in [-0.25, -0.2) is 16.8 Å². The molecule has 0 aliphatic heterocycles. The maximum Gasteiger partial charge on any atom is 0.460 e. The first-order valence-electron chi connectivity index (χ1n) is 17.9. The van der Waals surface area contributed by atoms with Crippen molar-refractivity contribution < 1.29 is 131 Å². The van der Waals surface area contributed by atoms with Gasteiger partial charge < -0.3 is 13.8 Å². The average Bonchev–Trinajstić information content (AvgIpc) is 3.22. The smallest absolute Gasteiger partial charge is 0.460 e. The Morgan fingerprint density at radius 3 is 1.04 bits per heavy atom. The minimum absolute atomic E-state index is 0.162. The number of halogens is 19. The monoisotopic (exact) mass is 1180 g/mol. The molecule has 0 amide bonds. The highest BCUT2D eigenvalue weighted by atomic mass is 127. The summed E-state index contributed by atoms with van der Waals surface area (Å²) in [6, 6.07) is 45.3. The van der Waals surface area contributed by atoms with Crippen LogP contribution in [0.3, 0.4) is 0 Å². The Hall–Kier alpha value is -4.46. The van der Waals surface area contributed by atoms with Crippen molar-refractivity contribution >= 4 is 31.1 Å². The topological polar surface area (TPSA) is 124 Å². The van der Waals surface area contributed by atoms with Crippen molar-refractivity contribution in [1.29, 1.82) is 0 Å². The van der Waals surface area contributed by atoms with Crippen molar-refractivity contribution in [2.75, 3.05) is 0 Å². The van der Waals surface area contributed by atoms with E-state index in [2.05, 4.69) is 141 Å². The second-order valence-corrected chi connectivity index (χ2v) is 21.3. The molecular formula is C40H27F18IO7S3. The predicted molar refractivity (Wildman–Crippen MR) is 203 cm³/mol. The maximum absolute atomic E-state index is 12.2. The molecule has 5 aromatic rings. The number of ether oxygens (including phenoxy) is 1. The van der Waals surface area contributed by atoms with Crippen LogP contribution in [0.2, 0.25) is 0 Å². The van der Waals surface area contributed by atoms with Gasteiger partial charge in [0.25, 0.3) is 0 Å². The number of aryl methyl sites for hydroxylation is 2. The summed E-state index contributed by atoms with van der Waals surface area (Å²) < 4.78 is 280. The third-order valence-electron chi connectivity index (χ3n) is 8.55. The number of alkyl halides is 18. The molecule has 0 bridgehead atoms. The van der Waals surface area contributed by atoms with Gasteiger partial charge in [0.05, 0.1) is 10.9 Å². The van der Waals surface area contributed by atoms with Crippen molar-refractivity contribution in [2.24, 2.45) is 0 Å². The summed E-state index contributed by atoms with van der Waals surface area (Å²) in [5.41, 5.74) is 2.63. The van der Waals surface area contributed by atoms with E-state index in [1.807, 2.05) is 0 Å². The fourth-order valence-electron chi connectivity index (χ4n) is 4.93. The summed E-state index contributed by atoms with van der Waals surface area (Å²) in [5.74, 6) is -27.9. The van der Waals surface area contributed by atoms with Gasteiger partial charge in [-0.1, -0.05) is 54.6 Å². The first kappa shape index (κ1) is 58.9. The highest BCUT2D eigenvalue weighted by molar-refractivity contribution is 7.97. The Labute approximate surface area is 392 Å². The van der Waals surface area contributed by atoms with Gasteiger partial charge in [0.2, 0.25) is 0 Å². The summed E-state index contributed by atoms with van der Waals surface area (Å²) in [7, 11) is -15.0. The summed E-state index contributed by atoms with van der Waals surface area (Å²) in [6.45, 7) is 4.41. The Morgan fingerprint density at radius 1 is 0.420 bits per heavy atom. The van der Waals surface area contributed by atoms with E-state index in [9.17, 15) is 105 Å². The molecule has 0 radical (unpaired) electrons. The van der Waals surface area contributed by atoms with Crippen LogP contribution in [0.25, 0.3) is 0 Å². The molecular weight excluding hydrogens is 1160 g/mol. The van der Waals surface area contributed by atoms with Crippen LogP contribution in [0.15, 0.2) is 142 Å². The lowest BCUT2D eigenvalue weighted by atomic mass is 10.1. The molecule has 0 unspecified atom stereocenters. The first-order valence-corrected chi connectivity index (χ1v) is 24.1. The Balaban J connectivity index is 0.000000313. The highest BCUT2D eigenvalue weighted by Crippen LogP contribution is 2.55. The van der Waals surface area contributed by atoms with Gasteiger partial charge in [-0.2, -0.15) is 79.0 Å². The normalized spacial score (nSPS) is 13.5. The Bertz CT molecular complexity index is 2620. The zero-order valence-electron chi connectivity index (χ0n) is 33.9. The van der Waals surface area contributed by atoms with Crippen molar-refractivity contribution in [3.63, 3.8) is 0 Å². The predicted octanol–water partition coefficient (Wildman–Crippen LogP) is 9.23. The molecule has 5 rings (SSSR count). The van der Waals surface area contributed by atoms with Crippen molar-refractivity contribution in [2.45, 2.75) is 75.1 Å². The summed E-state index contributed by atoms with van der Waals surface area (Å²) in [6.07, 6.45) is -14.3. The van der Waals surface area contributed by atoms with Crippen LogP contribution in [0, 0.1) is 21.0 Å². The Kier molecular flexibility index (Phi) is 18.0. The summed E-state index contributed by atoms with van der Waals surface area (Å²) >= 11 is -0.162. The van der Waals surface area contributed by atoms with E-state index in [1.165, 1.54) is 33.0 Å². The van der Waals surface area contributed by atoms with Crippen LogP contribution in [0.5, 0.6) is 11.5 Å². The van der Waals surface area contributed by atoms with Gasteiger partial charge in [-0.15, -0.1) is 0 Å². The standard InChI is InChI=1S/C32H27IOS.2C4HF9O3S/c1-24-10-6-8-14-31(24)35(32-15-9-7-11-25(32)2)30-22-20-29(21-23-30)34-28-18-16-27(17-19-28)33-26-12-4-3-5-13-26;2*5-1(6,3(9,10)11)2(7,8)4(12,13)17(14,15)16/h3-23H,1-2H3;2*(H,14,15,16)/q+2;;/p-2. The van der Waals surface area contributed by atoms with E-state index in [0.29, 0.717) is 0 Å². The van der Waals surface area contributed by atoms with Crippen LogP contribution in [0.4, 0.5) is 79.0 Å². The fourth-order valence-corrected chi connectivity index (χ4v) is 10.4. The molecule has 0 heterocycles. The molecule has 0 aliphatic carbocycles. The lowest BCUT2D eigenvalue weighted by molar-refractivity contribution is -0.597. The van der Waals surface area contributed by atoms with E-state index in [0.717, 1.165) is 11.5 Å². The van der Waals surface area contributed by atoms with Gasteiger partial charge in [0, 0.05) is 11.1 Å². The Morgan fingerprint density at radius 2 is 0.725 bits per heavy atom. The minimum Gasteiger partial charge on any atom is -0.743 e. The lowest BCUT2D eigenvalue weighted by Crippen LogP contribution is -3.61. The molecule has 5 aromatic carbocycles. The van der Waals surface area contributed by atoms with Crippen molar-refractivity contribution in [3.05, 3.63) is 146 Å². The van der Waals surface area contributed by atoms with Gasteiger partial charge in [-0.3, -0.25) is 0 Å². The molecule has 0 aliphatic rings. The van der Waals surface area contributed by atoms with Crippen LogP contribution in [-0.4, -0.2) is 72.5 Å². The van der Waals surface area contributed by atoms with Crippen LogP contribution in [0.1, 0.15) is 11.1 Å². The van der Waals surface area contributed by atoms with Gasteiger partial charge in [-0.05, 0) is 86.6 Å². The van der Waals surface area contributed by atoms with Gasteiger partial charge in [0.1, 0.15) is 11.5 Å². The third-order valence-corrected chi connectivity index (χ3v) is 15.5. The molecule has 380 valence electrons. The van der Waals surface area contributed by atoms with Crippen LogP contribution >= 0.6 is 0 Å². The van der Waals surface area contributed by atoms with Gasteiger partial charge >= 0.3 is 67.8 Å². The minimum atomic E-state index is -7.43. The first-order chi connectivity index (χ1) is 31.2. The largest absolute Gasteiger partial charge is 0.743 e. The average molecular weight is 1180 g/mol. The van der Waals surface area contributed by atoms with E-state index >= 15 is 0 Å². The second kappa shape index (κ2) is 21.1. The molecule has 0 saturated carbocycles. The lowest BCUT2D eigenvalue weighted by Gasteiger charge is -2.34. The van der Waals surface area contributed by atoms with Crippen molar-refractivity contribution in [3.8, 4) is 11.5 Å². The van der Waals surface area contributed by atoms with E-state index in [4.69, 9.17) is 4.74 Å². The number of hydrogen-bond acceptors (Lipinski definition) is 7. The SMILES string of the molecule is Cc1ccccc1[S+](c1ccc(Oc2ccc([I+]c3ccccc3)cc2)cc1)c1ccccc1C.O=S(=O)([O-])C(F)(F)C(F)(F)C(F)(F)C(F)(F)F.O=S(=O)([O-])C(F)(F)C(F)(F)C(F)(F)C(F)(F)F. The molecule has 0 saturated heterocycles. The third kappa shape index (κ3) is 12.7. The highest BCUT2D eigenvalue weighted by Gasteiger charge is 2.85. The van der Waals surface area contributed by atoms with E-state index in [-0.39, 0.29) is 32.1 Å². The molecule has 0 spiro atoms. The molecule has 7 nitrogen and oxygen atoms in total.